The molecule has 166 valence electrons. The lowest BCUT2D eigenvalue weighted by Gasteiger charge is -2.29. The van der Waals surface area contributed by atoms with E-state index in [0.717, 1.165) is 68.7 Å². The maximum atomic E-state index is 13.3. The fourth-order valence-electron chi connectivity index (χ4n) is 4.79. The van der Waals surface area contributed by atoms with Crippen LogP contribution in [0.4, 0.5) is 4.39 Å². The largest absolute Gasteiger partial charge is 0.391 e. The van der Waals surface area contributed by atoms with E-state index in [-0.39, 0.29) is 24.2 Å². The molecule has 5 nitrogen and oxygen atoms in total. The number of carbonyl (C=O) groups excluding carboxylic acids is 1. The number of hydrogen-bond acceptors (Lipinski definition) is 4. The van der Waals surface area contributed by atoms with Crippen molar-refractivity contribution in [3.8, 4) is 0 Å². The zero-order valence-corrected chi connectivity index (χ0v) is 18.2. The van der Waals surface area contributed by atoms with Gasteiger partial charge in [-0.1, -0.05) is 31.9 Å². The Kier molecular flexibility index (Phi) is 6.98. The van der Waals surface area contributed by atoms with E-state index in [4.69, 9.17) is 4.98 Å². The summed E-state index contributed by atoms with van der Waals surface area (Å²) in [5.74, 6) is -0.323. The van der Waals surface area contributed by atoms with Crippen LogP contribution < -0.4 is 5.32 Å². The van der Waals surface area contributed by atoms with Crippen molar-refractivity contribution in [2.45, 2.75) is 70.6 Å². The first-order chi connectivity index (χ1) is 15.0. The Bertz CT molecular complexity index is 916. The second-order valence-electron chi connectivity index (χ2n) is 8.82. The molecule has 1 aliphatic carbocycles. The van der Waals surface area contributed by atoms with Crippen LogP contribution in [0.15, 0.2) is 30.3 Å². The van der Waals surface area contributed by atoms with Gasteiger partial charge in [-0.05, 0) is 67.1 Å². The molecule has 0 radical (unpaired) electrons. The van der Waals surface area contributed by atoms with Gasteiger partial charge in [0, 0.05) is 13.1 Å². The van der Waals surface area contributed by atoms with Crippen LogP contribution >= 0.6 is 0 Å². The normalized spacial score (nSPS) is 21.5. The molecule has 6 heteroatoms. The van der Waals surface area contributed by atoms with Crippen LogP contribution in [0.1, 0.15) is 60.7 Å². The highest BCUT2D eigenvalue weighted by Crippen LogP contribution is 2.25. The molecule has 0 spiro atoms. The lowest BCUT2D eigenvalue weighted by Crippen LogP contribution is -2.45. The van der Waals surface area contributed by atoms with E-state index in [0.29, 0.717) is 6.42 Å². The van der Waals surface area contributed by atoms with Gasteiger partial charge < -0.3 is 10.4 Å². The first kappa shape index (κ1) is 21.9. The van der Waals surface area contributed by atoms with Gasteiger partial charge in [0.25, 0.3) is 0 Å². The van der Waals surface area contributed by atoms with E-state index >= 15 is 0 Å². The van der Waals surface area contributed by atoms with Crippen molar-refractivity contribution in [2.24, 2.45) is 0 Å². The molecule has 1 aromatic heterocycles. The molecule has 1 amide bonds. The predicted molar refractivity (Wildman–Crippen MR) is 118 cm³/mol. The Hall–Kier alpha value is -2.31. The molecule has 0 unspecified atom stereocenters. The van der Waals surface area contributed by atoms with Crippen molar-refractivity contribution in [3.05, 3.63) is 64.2 Å². The van der Waals surface area contributed by atoms with E-state index in [1.54, 1.807) is 0 Å². The van der Waals surface area contributed by atoms with Crippen molar-refractivity contribution in [2.75, 3.05) is 13.1 Å². The van der Waals surface area contributed by atoms with Crippen molar-refractivity contribution < 1.29 is 14.3 Å². The molecule has 31 heavy (non-hydrogen) atoms. The number of hydrogen-bond donors (Lipinski definition) is 2. The highest BCUT2D eigenvalue weighted by molar-refractivity contribution is 5.78. The molecule has 1 aromatic carbocycles. The standard InChI is InChI=1S/C25H32FN3O2/c1-2-29-12-11-21-18(13-17-7-9-19(26)10-8-17)14-20(27-23(21)16-29)15-25(31)28-22-5-3-4-6-24(22)30/h7-10,14,22,24,30H,2-6,11-13,15-16H2,1H3,(H,28,31)/t22-,24-/m0/s1. The lowest BCUT2D eigenvalue weighted by molar-refractivity contribution is -0.122. The SMILES string of the molecule is CCN1CCc2c(Cc3ccc(F)cc3)cc(CC(=O)N[C@H]3CCCC[C@@H]3O)nc2C1. The van der Waals surface area contributed by atoms with E-state index in [2.05, 4.69) is 17.1 Å². The van der Waals surface area contributed by atoms with E-state index < -0.39 is 6.10 Å². The van der Waals surface area contributed by atoms with E-state index in [1.807, 2.05) is 18.2 Å². The van der Waals surface area contributed by atoms with Crippen molar-refractivity contribution in [3.63, 3.8) is 0 Å². The van der Waals surface area contributed by atoms with Crippen molar-refractivity contribution in [1.29, 1.82) is 0 Å². The maximum Gasteiger partial charge on any atom is 0.226 e. The molecule has 1 saturated carbocycles. The van der Waals surface area contributed by atoms with Crippen LogP contribution in [0.25, 0.3) is 0 Å². The van der Waals surface area contributed by atoms with Crippen LogP contribution in [0.5, 0.6) is 0 Å². The summed E-state index contributed by atoms with van der Waals surface area (Å²) in [5.41, 5.74) is 5.30. The molecule has 2 aromatic rings. The van der Waals surface area contributed by atoms with Crippen LogP contribution in [-0.2, 0) is 30.6 Å². The van der Waals surface area contributed by atoms with Gasteiger partial charge >= 0.3 is 0 Å². The predicted octanol–water partition coefficient (Wildman–Crippen LogP) is 3.15. The minimum atomic E-state index is -0.457. The second-order valence-corrected chi connectivity index (χ2v) is 8.82. The molecule has 1 aliphatic heterocycles. The van der Waals surface area contributed by atoms with Crippen LogP contribution in [0, 0.1) is 5.82 Å². The number of benzene rings is 1. The van der Waals surface area contributed by atoms with E-state index in [1.165, 1.54) is 23.3 Å². The summed E-state index contributed by atoms with van der Waals surface area (Å²) in [5, 5.41) is 13.2. The summed E-state index contributed by atoms with van der Waals surface area (Å²) in [6, 6.07) is 8.51. The Morgan fingerprint density at radius 3 is 2.77 bits per heavy atom. The van der Waals surface area contributed by atoms with Gasteiger partial charge in [-0.15, -0.1) is 0 Å². The topological polar surface area (TPSA) is 65.5 Å². The third-order valence-corrected chi connectivity index (χ3v) is 6.58. The van der Waals surface area contributed by atoms with Gasteiger partial charge in [0.05, 0.1) is 30.0 Å². The number of aromatic nitrogens is 1. The number of rotatable bonds is 6. The third-order valence-electron chi connectivity index (χ3n) is 6.58. The average Bonchev–Trinajstić information content (AvgIpc) is 2.76. The number of nitrogens with zero attached hydrogens (tertiary/aromatic N) is 2. The van der Waals surface area contributed by atoms with Gasteiger partial charge in [-0.2, -0.15) is 0 Å². The van der Waals surface area contributed by atoms with Gasteiger partial charge in [-0.25, -0.2) is 4.39 Å². The number of nitrogens with one attached hydrogen (secondary N) is 1. The minimum absolute atomic E-state index is 0.0886. The molecule has 2 aliphatic rings. The summed E-state index contributed by atoms with van der Waals surface area (Å²) in [6.45, 7) is 4.91. The smallest absolute Gasteiger partial charge is 0.226 e. The number of halogens is 1. The first-order valence-corrected chi connectivity index (χ1v) is 11.5. The second kappa shape index (κ2) is 9.88. The Labute approximate surface area is 183 Å². The van der Waals surface area contributed by atoms with Crippen LogP contribution in [0.3, 0.4) is 0 Å². The van der Waals surface area contributed by atoms with Gasteiger partial charge in [-0.3, -0.25) is 14.7 Å². The number of amides is 1. The molecule has 1 fully saturated rings. The first-order valence-electron chi connectivity index (χ1n) is 11.5. The number of carbonyl (C=O) groups is 1. The minimum Gasteiger partial charge on any atom is -0.391 e. The Morgan fingerprint density at radius 2 is 2.03 bits per heavy atom. The summed E-state index contributed by atoms with van der Waals surface area (Å²) in [7, 11) is 0. The summed E-state index contributed by atoms with van der Waals surface area (Å²) in [4.78, 5) is 19.9. The summed E-state index contributed by atoms with van der Waals surface area (Å²) >= 11 is 0. The molecular weight excluding hydrogens is 393 g/mol. The number of pyridine rings is 1. The number of likely N-dealkylation sites (N-methyl/N-ethyl adjacent to an activating group) is 1. The lowest BCUT2D eigenvalue weighted by atomic mass is 9.92. The fourth-order valence-corrected chi connectivity index (χ4v) is 4.79. The molecule has 0 saturated heterocycles. The molecule has 2 heterocycles. The number of aliphatic hydroxyl groups excluding tert-OH is 1. The average molecular weight is 426 g/mol. The van der Waals surface area contributed by atoms with Gasteiger partial charge in [0.1, 0.15) is 5.82 Å². The third kappa shape index (κ3) is 5.49. The quantitative estimate of drug-likeness (QED) is 0.746. The Morgan fingerprint density at radius 1 is 1.26 bits per heavy atom. The van der Waals surface area contributed by atoms with Gasteiger partial charge in [0.2, 0.25) is 5.91 Å². The van der Waals surface area contributed by atoms with Gasteiger partial charge in [0.15, 0.2) is 0 Å². The highest BCUT2D eigenvalue weighted by atomic mass is 19.1. The monoisotopic (exact) mass is 425 g/mol. The number of fused-ring (bicyclic) bond motifs is 1. The summed E-state index contributed by atoms with van der Waals surface area (Å²) in [6.07, 6.45) is 5.01. The molecule has 0 bridgehead atoms. The Balaban J connectivity index is 1.55. The van der Waals surface area contributed by atoms with Crippen molar-refractivity contribution in [1.82, 2.24) is 15.2 Å². The number of aliphatic hydroxyl groups is 1. The maximum absolute atomic E-state index is 13.3. The molecule has 2 N–H and O–H groups in total. The molecular formula is C25H32FN3O2. The highest BCUT2D eigenvalue weighted by Gasteiger charge is 2.25. The van der Waals surface area contributed by atoms with Crippen LogP contribution in [-0.4, -0.2) is 46.1 Å². The van der Waals surface area contributed by atoms with Crippen molar-refractivity contribution >= 4 is 5.91 Å². The van der Waals surface area contributed by atoms with Crippen LogP contribution in [0.2, 0.25) is 0 Å². The zero-order valence-electron chi connectivity index (χ0n) is 18.2. The zero-order chi connectivity index (χ0) is 21.8. The fraction of sp³-hybridized carbons (Fsp3) is 0.520. The van der Waals surface area contributed by atoms with E-state index in [9.17, 15) is 14.3 Å². The molecule has 4 rings (SSSR count). The molecule has 2 atom stereocenters. The summed E-state index contributed by atoms with van der Waals surface area (Å²) < 4.78 is 13.3.